The van der Waals surface area contributed by atoms with Crippen molar-refractivity contribution in [2.24, 2.45) is 0 Å². The smallest absolute Gasteiger partial charge is 0.335 e. The number of carboxylic acid groups (broad SMARTS) is 1. The molecule has 6 nitrogen and oxygen atoms in total. The molecule has 38 heavy (non-hydrogen) atoms. The predicted octanol–water partition coefficient (Wildman–Crippen LogP) is 6.72. The van der Waals surface area contributed by atoms with Crippen molar-refractivity contribution in [1.29, 1.82) is 0 Å². The second-order valence-corrected chi connectivity index (χ2v) is 10.5. The van der Waals surface area contributed by atoms with Crippen molar-refractivity contribution in [3.63, 3.8) is 0 Å². The molecule has 2 heterocycles. The predicted molar refractivity (Wildman–Crippen MR) is 148 cm³/mol. The van der Waals surface area contributed by atoms with E-state index in [0.29, 0.717) is 24.6 Å². The molecule has 0 spiro atoms. The molecule has 0 bridgehead atoms. The Kier molecular flexibility index (Phi) is 6.40. The van der Waals surface area contributed by atoms with E-state index in [4.69, 9.17) is 4.74 Å². The summed E-state index contributed by atoms with van der Waals surface area (Å²) in [5, 5.41) is 10.5. The van der Waals surface area contributed by atoms with Gasteiger partial charge in [-0.05, 0) is 66.3 Å². The third-order valence-electron chi connectivity index (χ3n) is 8.02. The van der Waals surface area contributed by atoms with E-state index in [1.165, 1.54) is 48.7 Å². The van der Waals surface area contributed by atoms with Crippen LogP contribution in [-0.2, 0) is 13.1 Å². The molecular formula is C32H32N2O4. The Morgan fingerprint density at radius 2 is 1.79 bits per heavy atom. The molecule has 1 aliphatic carbocycles. The average molecular weight is 509 g/mol. The second-order valence-electron chi connectivity index (χ2n) is 10.5. The number of ether oxygens (including phenoxy) is 1. The van der Waals surface area contributed by atoms with Crippen molar-refractivity contribution in [1.82, 2.24) is 9.47 Å². The fraction of sp³-hybridized carbons (Fsp3) is 0.312. The standard InChI is InChI=1S/C32H32N2O4/c1-33(20-21-8-7-11-24(18-21)32(36)37)31(35)23-14-15-25-27(19-23)34-16-17-38-28-13-6-5-12-26(28)30(34)29(25)22-9-3-2-4-10-22/h5-8,11-15,18-19,22H,2-4,9-10,16-17,20H2,1H3,(H,36,37). The van der Waals surface area contributed by atoms with Crippen LogP contribution in [0, 0.1) is 0 Å². The van der Waals surface area contributed by atoms with Crippen molar-refractivity contribution in [3.05, 3.63) is 89.0 Å². The molecule has 1 fully saturated rings. The van der Waals surface area contributed by atoms with Crippen molar-refractivity contribution in [2.45, 2.75) is 51.1 Å². The van der Waals surface area contributed by atoms with Crippen LogP contribution in [0.3, 0.4) is 0 Å². The summed E-state index contributed by atoms with van der Waals surface area (Å²) in [6, 6.07) is 21.2. The number of hydrogen-bond donors (Lipinski definition) is 1. The van der Waals surface area contributed by atoms with Crippen LogP contribution >= 0.6 is 0 Å². The summed E-state index contributed by atoms with van der Waals surface area (Å²) in [7, 11) is 1.76. The van der Waals surface area contributed by atoms with Crippen LogP contribution in [0.5, 0.6) is 5.75 Å². The molecule has 1 aliphatic heterocycles. The number of fused-ring (bicyclic) bond motifs is 5. The molecule has 6 heteroatoms. The lowest BCUT2D eigenvalue weighted by atomic mass is 9.81. The van der Waals surface area contributed by atoms with Crippen molar-refractivity contribution in [2.75, 3.05) is 13.7 Å². The van der Waals surface area contributed by atoms with Crippen LogP contribution in [0.25, 0.3) is 22.2 Å². The van der Waals surface area contributed by atoms with Gasteiger partial charge in [-0.15, -0.1) is 0 Å². The van der Waals surface area contributed by atoms with Gasteiger partial charge in [0, 0.05) is 35.6 Å². The van der Waals surface area contributed by atoms with E-state index >= 15 is 0 Å². The lowest BCUT2D eigenvalue weighted by Crippen LogP contribution is -2.26. The Balaban J connectivity index is 1.41. The van der Waals surface area contributed by atoms with Crippen molar-refractivity contribution < 1.29 is 19.4 Å². The van der Waals surface area contributed by atoms with Crippen molar-refractivity contribution in [3.8, 4) is 17.0 Å². The van der Waals surface area contributed by atoms with Crippen LogP contribution in [-0.4, -0.2) is 40.1 Å². The molecule has 6 rings (SSSR count). The number of nitrogens with zero attached hydrogens (tertiary/aromatic N) is 2. The summed E-state index contributed by atoms with van der Waals surface area (Å²) in [4.78, 5) is 26.5. The number of aromatic carboxylic acids is 1. The number of rotatable bonds is 5. The minimum absolute atomic E-state index is 0.0901. The van der Waals surface area contributed by atoms with Crippen molar-refractivity contribution >= 4 is 22.8 Å². The highest BCUT2D eigenvalue weighted by Gasteiger charge is 2.29. The van der Waals surface area contributed by atoms with Gasteiger partial charge in [0.1, 0.15) is 12.4 Å². The van der Waals surface area contributed by atoms with Crippen LogP contribution < -0.4 is 4.74 Å². The molecule has 0 atom stereocenters. The van der Waals surface area contributed by atoms with Gasteiger partial charge in [0.15, 0.2) is 0 Å². The maximum Gasteiger partial charge on any atom is 0.335 e. The molecule has 4 aromatic rings. The normalized spacial score (nSPS) is 15.3. The molecule has 3 aromatic carbocycles. The summed E-state index contributed by atoms with van der Waals surface area (Å²) in [6.07, 6.45) is 6.17. The van der Waals surface area contributed by atoms with Crippen LogP contribution in [0.15, 0.2) is 66.7 Å². The maximum atomic E-state index is 13.5. The van der Waals surface area contributed by atoms with E-state index in [1.807, 2.05) is 24.3 Å². The number of carboxylic acids is 1. The Bertz CT molecular complexity index is 1530. The van der Waals surface area contributed by atoms with Crippen LogP contribution in [0.4, 0.5) is 0 Å². The minimum Gasteiger partial charge on any atom is -0.491 e. The minimum atomic E-state index is -0.973. The second kappa shape index (κ2) is 10.0. The van der Waals surface area contributed by atoms with E-state index in [9.17, 15) is 14.7 Å². The van der Waals surface area contributed by atoms with Gasteiger partial charge in [-0.1, -0.05) is 49.6 Å². The van der Waals surface area contributed by atoms with Gasteiger partial charge in [0.25, 0.3) is 5.91 Å². The highest BCUT2D eigenvalue weighted by Crippen LogP contribution is 2.47. The number of para-hydroxylation sites is 1. The first-order valence-electron chi connectivity index (χ1n) is 13.5. The third kappa shape index (κ3) is 4.34. The fourth-order valence-electron chi connectivity index (χ4n) is 6.24. The first kappa shape index (κ1) is 24.3. The Morgan fingerprint density at radius 1 is 0.974 bits per heavy atom. The van der Waals surface area contributed by atoms with E-state index in [1.54, 1.807) is 30.1 Å². The number of carbonyl (C=O) groups excluding carboxylic acids is 1. The first-order chi connectivity index (χ1) is 18.5. The van der Waals surface area contributed by atoms with E-state index in [-0.39, 0.29) is 11.5 Å². The molecular weight excluding hydrogens is 476 g/mol. The van der Waals surface area contributed by atoms with E-state index in [2.05, 4.69) is 28.8 Å². The number of carbonyl (C=O) groups is 2. The molecule has 1 N–H and O–H groups in total. The molecule has 1 saturated carbocycles. The summed E-state index contributed by atoms with van der Waals surface area (Å²) < 4.78 is 8.51. The van der Waals surface area contributed by atoms with Gasteiger partial charge in [-0.3, -0.25) is 4.79 Å². The zero-order chi connectivity index (χ0) is 26.2. The lowest BCUT2D eigenvalue weighted by molar-refractivity contribution is 0.0696. The fourth-order valence-corrected chi connectivity index (χ4v) is 6.24. The largest absolute Gasteiger partial charge is 0.491 e. The molecule has 0 unspecified atom stereocenters. The molecule has 1 aromatic heterocycles. The van der Waals surface area contributed by atoms with E-state index < -0.39 is 5.97 Å². The molecule has 0 saturated heterocycles. The average Bonchev–Trinajstić information content (AvgIpc) is 3.14. The van der Waals surface area contributed by atoms with Gasteiger partial charge in [-0.25, -0.2) is 4.79 Å². The van der Waals surface area contributed by atoms with Gasteiger partial charge in [0.05, 0.1) is 17.8 Å². The number of benzene rings is 3. The monoisotopic (exact) mass is 508 g/mol. The van der Waals surface area contributed by atoms with Gasteiger partial charge < -0.3 is 19.3 Å². The summed E-state index contributed by atoms with van der Waals surface area (Å²) in [5.41, 5.74) is 6.48. The summed E-state index contributed by atoms with van der Waals surface area (Å²) in [5.74, 6) is 0.359. The first-order valence-corrected chi connectivity index (χ1v) is 13.5. The molecule has 194 valence electrons. The van der Waals surface area contributed by atoms with Gasteiger partial charge >= 0.3 is 5.97 Å². The molecule has 1 amide bonds. The highest BCUT2D eigenvalue weighted by molar-refractivity contribution is 6.01. The molecule has 0 radical (unpaired) electrons. The van der Waals surface area contributed by atoms with Gasteiger partial charge in [-0.2, -0.15) is 0 Å². The third-order valence-corrected chi connectivity index (χ3v) is 8.02. The summed E-state index contributed by atoms with van der Waals surface area (Å²) >= 11 is 0. The number of amides is 1. The molecule has 2 aliphatic rings. The Labute approximate surface area is 222 Å². The van der Waals surface area contributed by atoms with E-state index in [0.717, 1.165) is 28.9 Å². The maximum absolute atomic E-state index is 13.5. The highest BCUT2D eigenvalue weighted by atomic mass is 16.5. The SMILES string of the molecule is CN(Cc1cccc(C(=O)O)c1)C(=O)c1ccc2c(C3CCCCC3)c3n(c2c1)CCOc1ccccc1-3. The topological polar surface area (TPSA) is 71.8 Å². The lowest BCUT2D eigenvalue weighted by Gasteiger charge is -2.23. The quantitative estimate of drug-likeness (QED) is 0.325. The van der Waals surface area contributed by atoms with Crippen LogP contribution in [0.2, 0.25) is 0 Å². The van der Waals surface area contributed by atoms with Gasteiger partial charge in [0.2, 0.25) is 0 Å². The zero-order valence-electron chi connectivity index (χ0n) is 21.7. The number of aromatic nitrogens is 1. The Morgan fingerprint density at radius 3 is 2.61 bits per heavy atom. The zero-order valence-corrected chi connectivity index (χ0v) is 21.7. The number of hydrogen-bond acceptors (Lipinski definition) is 3. The van der Waals surface area contributed by atoms with Crippen LogP contribution in [0.1, 0.15) is 69.9 Å². The summed E-state index contributed by atoms with van der Waals surface area (Å²) in [6.45, 7) is 1.64. The Hall–Kier alpha value is -4.06.